The number of hydrogen-bond donors (Lipinski definition) is 1. The number of ether oxygens (including phenoxy) is 5. The van der Waals surface area contributed by atoms with Crippen molar-refractivity contribution in [1.82, 2.24) is 0 Å². The van der Waals surface area contributed by atoms with Crippen molar-refractivity contribution in [3.8, 4) is 0 Å². The summed E-state index contributed by atoms with van der Waals surface area (Å²) < 4.78 is 32.8. The Morgan fingerprint density at radius 1 is 1.10 bits per heavy atom. The van der Waals surface area contributed by atoms with E-state index in [1.807, 2.05) is 0 Å². The van der Waals surface area contributed by atoms with E-state index in [2.05, 4.69) is 22.5 Å². The number of aliphatic hydroxyl groups is 1. The second-order valence-electron chi connectivity index (χ2n) is 9.18. The van der Waals surface area contributed by atoms with Crippen molar-refractivity contribution >= 4 is 21.7 Å². The van der Waals surface area contributed by atoms with Gasteiger partial charge in [0.2, 0.25) is 0 Å². The molecule has 1 N–H and O–H groups in total. The first-order valence-electron chi connectivity index (χ1n) is 10.7. The van der Waals surface area contributed by atoms with Crippen LogP contribution in [0.25, 0.3) is 0 Å². The Labute approximate surface area is 179 Å². The second-order valence-corrected chi connectivity index (χ2v) is 10.3. The van der Waals surface area contributed by atoms with Gasteiger partial charge in [0.25, 0.3) is 0 Å². The van der Waals surface area contributed by atoms with E-state index in [4.69, 9.17) is 23.7 Å². The van der Waals surface area contributed by atoms with E-state index in [9.17, 15) is 9.90 Å². The molecule has 8 heteroatoms. The normalized spacial score (nSPS) is 48.2. The quantitative estimate of drug-likeness (QED) is 0.608. The maximum absolute atomic E-state index is 11.6. The van der Waals surface area contributed by atoms with Crippen LogP contribution < -0.4 is 0 Å². The van der Waals surface area contributed by atoms with E-state index in [0.29, 0.717) is 32.1 Å². The maximum atomic E-state index is 11.6. The number of carbonyl (C=O) groups is 1. The molecule has 10 atom stereocenters. The van der Waals surface area contributed by atoms with E-state index in [1.165, 1.54) is 0 Å². The average molecular weight is 473 g/mol. The summed E-state index contributed by atoms with van der Waals surface area (Å²) in [6, 6.07) is 0. The molecule has 0 aliphatic carbocycles. The fourth-order valence-electron chi connectivity index (χ4n) is 5.69. The lowest BCUT2D eigenvalue weighted by Gasteiger charge is -2.47. The third-order valence-electron chi connectivity index (χ3n) is 6.86. The molecule has 6 saturated heterocycles. The van der Waals surface area contributed by atoms with E-state index < -0.39 is 11.9 Å². The lowest BCUT2D eigenvalue weighted by atomic mass is 9.86. The predicted octanol–water partition coefficient (Wildman–Crippen LogP) is 2.37. The van der Waals surface area contributed by atoms with Crippen molar-refractivity contribution in [2.45, 2.75) is 113 Å². The number of halogens is 1. The molecule has 6 aliphatic rings. The van der Waals surface area contributed by atoms with Gasteiger partial charge in [-0.15, -0.1) is 0 Å². The summed E-state index contributed by atoms with van der Waals surface area (Å²) in [5.41, 5.74) is 0. The summed E-state index contributed by atoms with van der Waals surface area (Å²) in [4.78, 5) is 11.6. The van der Waals surface area contributed by atoms with Crippen LogP contribution in [0.3, 0.4) is 0 Å². The smallest absolute Gasteiger partial charge is 0.172 e. The molecule has 0 unspecified atom stereocenters. The van der Waals surface area contributed by atoms with Gasteiger partial charge in [0.05, 0.1) is 24.4 Å². The number of Topliss-reactive ketones (excluding diaryl/α,β-unsaturated/α-hetero) is 1. The molecule has 0 radical (unpaired) electrons. The summed E-state index contributed by atoms with van der Waals surface area (Å²) in [7, 11) is 0. The molecule has 6 bridgehead atoms. The van der Waals surface area contributed by atoms with Crippen LogP contribution in [0.2, 0.25) is 0 Å². The molecule has 29 heavy (non-hydrogen) atoms. The summed E-state index contributed by atoms with van der Waals surface area (Å²) in [6.45, 7) is 5.40. The SMILES string of the molecule is C=C(Br)C[C@H](O)CC[C@@]12C[C@H]3O[C@@H]4[C@@H](O[C@H]5CC[C@H](CC(C)=O)O[C@@H]5[C@H]4O1)[C@H]3O2. The molecule has 0 saturated carbocycles. The molecule has 0 amide bonds. The molecule has 0 spiro atoms. The van der Waals surface area contributed by atoms with Gasteiger partial charge in [0.1, 0.15) is 36.3 Å². The third kappa shape index (κ3) is 3.75. The van der Waals surface area contributed by atoms with Crippen LogP contribution >= 0.6 is 15.9 Å². The van der Waals surface area contributed by atoms with Crippen molar-refractivity contribution in [3.05, 3.63) is 11.1 Å². The van der Waals surface area contributed by atoms with Gasteiger partial charge in [0, 0.05) is 25.7 Å². The molecule has 6 heterocycles. The Bertz CT molecular complexity index is 686. The molecule has 6 rings (SSSR count). The summed E-state index contributed by atoms with van der Waals surface area (Å²) >= 11 is 3.31. The third-order valence-corrected chi connectivity index (χ3v) is 7.18. The highest BCUT2D eigenvalue weighted by Crippen LogP contribution is 2.53. The van der Waals surface area contributed by atoms with Crippen molar-refractivity contribution in [1.29, 1.82) is 0 Å². The number of fused-ring (bicyclic) bond motifs is 1. The minimum atomic E-state index is -0.784. The largest absolute Gasteiger partial charge is 0.393 e. The first kappa shape index (κ1) is 20.5. The van der Waals surface area contributed by atoms with Crippen LogP contribution in [0.1, 0.15) is 51.9 Å². The topological polar surface area (TPSA) is 83.5 Å². The Hall–Kier alpha value is -0.350. The summed E-state index contributed by atoms with van der Waals surface area (Å²) in [5.74, 6) is -0.653. The standard InChI is InChI=1S/C21H29BrO7/c1-10(22)7-12(24)5-6-21-9-15-17(28-21)18-19(27-15)20(29-21)16-14(26-18)4-3-13(25-16)8-11(2)23/h12-20,24H,1,3-9H2,2H3/t12-,13-,14+,15-,16+,17+,18+,19-,20-,21+/m1/s1. The molecule has 0 aromatic heterocycles. The Kier molecular flexibility index (Phi) is 5.42. The zero-order chi connectivity index (χ0) is 20.3. The highest BCUT2D eigenvalue weighted by Gasteiger charge is 2.68. The lowest BCUT2D eigenvalue weighted by Crippen LogP contribution is -2.61. The van der Waals surface area contributed by atoms with Gasteiger partial charge >= 0.3 is 0 Å². The van der Waals surface area contributed by atoms with Crippen LogP contribution in [-0.4, -0.2) is 71.6 Å². The number of carbonyl (C=O) groups excluding carboxylic acids is 1. The monoisotopic (exact) mass is 472 g/mol. The molecule has 6 fully saturated rings. The highest BCUT2D eigenvalue weighted by molar-refractivity contribution is 9.11. The zero-order valence-corrected chi connectivity index (χ0v) is 18.2. The van der Waals surface area contributed by atoms with Crippen molar-refractivity contribution < 1.29 is 33.6 Å². The maximum Gasteiger partial charge on any atom is 0.172 e. The van der Waals surface area contributed by atoms with E-state index >= 15 is 0 Å². The van der Waals surface area contributed by atoms with E-state index in [-0.39, 0.29) is 54.6 Å². The highest BCUT2D eigenvalue weighted by atomic mass is 79.9. The molecule has 0 aromatic rings. The van der Waals surface area contributed by atoms with E-state index in [1.54, 1.807) is 6.92 Å². The van der Waals surface area contributed by atoms with Gasteiger partial charge < -0.3 is 28.8 Å². The lowest BCUT2D eigenvalue weighted by molar-refractivity contribution is -0.292. The van der Waals surface area contributed by atoms with Gasteiger partial charge in [-0.05, 0) is 30.7 Å². The minimum absolute atomic E-state index is 0.0496. The van der Waals surface area contributed by atoms with Crippen LogP contribution in [0.4, 0.5) is 0 Å². The number of ketones is 1. The zero-order valence-electron chi connectivity index (χ0n) is 16.6. The van der Waals surface area contributed by atoms with Gasteiger partial charge in [0.15, 0.2) is 5.79 Å². The summed E-state index contributed by atoms with van der Waals surface area (Å²) in [6.07, 6.45) is 2.60. The first-order valence-corrected chi connectivity index (χ1v) is 11.5. The minimum Gasteiger partial charge on any atom is -0.393 e. The van der Waals surface area contributed by atoms with Crippen LogP contribution in [0.5, 0.6) is 0 Å². The Morgan fingerprint density at radius 2 is 1.83 bits per heavy atom. The Balaban J connectivity index is 1.34. The van der Waals surface area contributed by atoms with Gasteiger partial charge in [-0.2, -0.15) is 0 Å². The van der Waals surface area contributed by atoms with E-state index in [0.717, 1.165) is 17.3 Å². The van der Waals surface area contributed by atoms with Crippen molar-refractivity contribution in [2.75, 3.05) is 0 Å². The number of aliphatic hydroxyl groups excluding tert-OH is 1. The van der Waals surface area contributed by atoms with Gasteiger partial charge in [-0.1, -0.05) is 22.5 Å². The summed E-state index contributed by atoms with van der Waals surface area (Å²) in [5, 5.41) is 10.3. The van der Waals surface area contributed by atoms with Gasteiger partial charge in [-0.3, -0.25) is 4.79 Å². The predicted molar refractivity (Wildman–Crippen MR) is 106 cm³/mol. The number of hydrogen-bond acceptors (Lipinski definition) is 7. The van der Waals surface area contributed by atoms with Crippen LogP contribution in [0, 0.1) is 0 Å². The van der Waals surface area contributed by atoms with Crippen LogP contribution in [-0.2, 0) is 28.5 Å². The van der Waals surface area contributed by atoms with Gasteiger partial charge in [-0.25, -0.2) is 0 Å². The van der Waals surface area contributed by atoms with Crippen molar-refractivity contribution in [3.63, 3.8) is 0 Å². The molecular formula is C21H29BrO7. The molecule has 0 aromatic carbocycles. The fraction of sp³-hybridized carbons (Fsp3) is 0.857. The second kappa shape index (κ2) is 7.65. The Morgan fingerprint density at radius 3 is 2.59 bits per heavy atom. The molecule has 162 valence electrons. The van der Waals surface area contributed by atoms with Crippen LogP contribution in [0.15, 0.2) is 11.1 Å². The fourth-order valence-corrected chi connectivity index (χ4v) is 6.07. The first-order chi connectivity index (χ1) is 13.8. The average Bonchev–Trinajstić information content (AvgIpc) is 3.04. The molecule has 7 nitrogen and oxygen atoms in total. The van der Waals surface area contributed by atoms with Crippen molar-refractivity contribution in [2.24, 2.45) is 0 Å². The molecule has 6 aliphatic heterocycles. The molecular weight excluding hydrogens is 444 g/mol. The number of rotatable bonds is 7.